The van der Waals surface area contributed by atoms with Crippen molar-refractivity contribution in [1.82, 2.24) is 10.2 Å². The number of hydrogen-bond acceptors (Lipinski definition) is 3. The molecule has 0 bridgehead atoms. The zero-order valence-corrected chi connectivity index (χ0v) is 13.0. The number of nitrogens with one attached hydrogen (secondary N) is 1. The van der Waals surface area contributed by atoms with Crippen LogP contribution in [0.3, 0.4) is 0 Å². The second-order valence-electron chi connectivity index (χ2n) is 6.45. The molecular formula is C15H30N2O2. The molecule has 0 saturated carbocycles. The summed E-state index contributed by atoms with van der Waals surface area (Å²) in [7, 11) is 0. The largest absolute Gasteiger partial charge is 0.444 e. The quantitative estimate of drug-likeness (QED) is 0.835. The first-order valence-electron chi connectivity index (χ1n) is 7.61. The van der Waals surface area contributed by atoms with Crippen LogP contribution in [0.15, 0.2) is 0 Å². The number of hydrogen-bond donors (Lipinski definition) is 1. The van der Waals surface area contributed by atoms with Crippen molar-refractivity contribution < 1.29 is 9.53 Å². The van der Waals surface area contributed by atoms with E-state index in [1.165, 1.54) is 12.8 Å². The van der Waals surface area contributed by atoms with Crippen molar-refractivity contribution in [1.29, 1.82) is 0 Å². The molecule has 4 heteroatoms. The van der Waals surface area contributed by atoms with E-state index in [0.29, 0.717) is 0 Å². The van der Waals surface area contributed by atoms with Gasteiger partial charge in [0, 0.05) is 13.1 Å². The predicted octanol–water partition coefficient (Wildman–Crippen LogP) is 3.02. The number of amides is 1. The lowest BCUT2D eigenvalue weighted by Gasteiger charge is -2.29. The van der Waals surface area contributed by atoms with Crippen molar-refractivity contribution in [2.24, 2.45) is 5.92 Å². The molecule has 1 rings (SSSR count). The van der Waals surface area contributed by atoms with Gasteiger partial charge < -0.3 is 15.0 Å². The lowest BCUT2D eigenvalue weighted by Crippen LogP contribution is -2.39. The molecular weight excluding hydrogens is 240 g/mol. The Hall–Kier alpha value is -0.770. The second kappa shape index (κ2) is 7.73. The molecule has 0 aromatic rings. The van der Waals surface area contributed by atoms with E-state index in [1.54, 1.807) is 0 Å². The summed E-state index contributed by atoms with van der Waals surface area (Å²) in [6.07, 6.45) is 4.37. The first kappa shape index (κ1) is 16.3. The second-order valence-corrected chi connectivity index (χ2v) is 6.45. The predicted molar refractivity (Wildman–Crippen MR) is 78.3 cm³/mol. The summed E-state index contributed by atoms with van der Waals surface area (Å²) in [5, 5.41) is 3.38. The van der Waals surface area contributed by atoms with Crippen LogP contribution in [0, 0.1) is 5.92 Å². The van der Waals surface area contributed by atoms with Crippen LogP contribution in [0.1, 0.15) is 53.4 Å². The molecule has 0 radical (unpaired) electrons. The Morgan fingerprint density at radius 3 is 2.42 bits per heavy atom. The summed E-state index contributed by atoms with van der Waals surface area (Å²) in [5.74, 6) is 0.753. The molecule has 1 heterocycles. The lowest BCUT2D eigenvalue weighted by molar-refractivity contribution is 0.0237. The molecule has 1 N–H and O–H groups in total. The van der Waals surface area contributed by atoms with Gasteiger partial charge in [-0.2, -0.15) is 0 Å². The van der Waals surface area contributed by atoms with Crippen LogP contribution < -0.4 is 5.32 Å². The Kier molecular flexibility index (Phi) is 6.63. The molecule has 0 unspecified atom stereocenters. The van der Waals surface area contributed by atoms with Gasteiger partial charge in [0.2, 0.25) is 0 Å². The molecule has 0 aliphatic carbocycles. The smallest absolute Gasteiger partial charge is 0.410 e. The van der Waals surface area contributed by atoms with E-state index in [1.807, 2.05) is 25.7 Å². The summed E-state index contributed by atoms with van der Waals surface area (Å²) in [5.41, 5.74) is -0.405. The van der Waals surface area contributed by atoms with Crippen LogP contribution >= 0.6 is 0 Å². The zero-order valence-electron chi connectivity index (χ0n) is 13.0. The number of rotatable bonds is 5. The maximum atomic E-state index is 12.1. The Balaban J connectivity index is 2.40. The first-order valence-corrected chi connectivity index (χ1v) is 7.61. The van der Waals surface area contributed by atoms with Gasteiger partial charge in [-0.15, -0.1) is 0 Å². The number of piperidine rings is 1. The van der Waals surface area contributed by atoms with Crippen molar-refractivity contribution in [3.05, 3.63) is 0 Å². The summed E-state index contributed by atoms with van der Waals surface area (Å²) in [6.45, 7) is 11.7. The Labute approximate surface area is 117 Å². The van der Waals surface area contributed by atoms with Crippen molar-refractivity contribution >= 4 is 6.09 Å². The lowest BCUT2D eigenvalue weighted by atomic mass is 9.94. The Bertz CT molecular complexity index is 268. The molecule has 1 aliphatic heterocycles. The van der Waals surface area contributed by atoms with Gasteiger partial charge in [0.25, 0.3) is 0 Å². The van der Waals surface area contributed by atoms with E-state index in [-0.39, 0.29) is 6.09 Å². The van der Waals surface area contributed by atoms with Gasteiger partial charge in [-0.1, -0.05) is 6.92 Å². The van der Waals surface area contributed by atoms with Gasteiger partial charge in [0.15, 0.2) is 0 Å². The van der Waals surface area contributed by atoms with Crippen LogP contribution in [0.4, 0.5) is 4.79 Å². The minimum Gasteiger partial charge on any atom is -0.444 e. The maximum absolute atomic E-state index is 12.1. The standard InChI is InChI=1S/C15H30N2O2/c1-5-11-17(14(18)19-15(2,3)4)12-8-13-6-9-16-10-7-13/h13,16H,5-12H2,1-4H3. The normalized spacial score (nSPS) is 17.3. The summed E-state index contributed by atoms with van der Waals surface area (Å²) >= 11 is 0. The number of ether oxygens (including phenoxy) is 1. The van der Waals surface area contributed by atoms with E-state index in [2.05, 4.69) is 12.2 Å². The van der Waals surface area contributed by atoms with Gasteiger partial charge >= 0.3 is 6.09 Å². The molecule has 0 atom stereocenters. The molecule has 19 heavy (non-hydrogen) atoms. The van der Waals surface area contributed by atoms with Crippen molar-refractivity contribution in [3.8, 4) is 0 Å². The molecule has 1 fully saturated rings. The molecule has 112 valence electrons. The van der Waals surface area contributed by atoms with Crippen LogP contribution in [0.2, 0.25) is 0 Å². The van der Waals surface area contributed by atoms with Gasteiger partial charge in [-0.05, 0) is 65.5 Å². The third kappa shape index (κ3) is 6.81. The first-order chi connectivity index (χ1) is 8.92. The molecule has 0 spiro atoms. The number of carbonyl (C=O) groups excluding carboxylic acids is 1. The van der Waals surface area contributed by atoms with Crippen molar-refractivity contribution in [2.75, 3.05) is 26.2 Å². The van der Waals surface area contributed by atoms with Crippen molar-refractivity contribution in [3.63, 3.8) is 0 Å². The average Bonchev–Trinajstić information content (AvgIpc) is 2.33. The fourth-order valence-corrected chi connectivity index (χ4v) is 2.40. The molecule has 0 aromatic heterocycles. The summed E-state index contributed by atoms with van der Waals surface area (Å²) in [6, 6.07) is 0. The Morgan fingerprint density at radius 2 is 1.89 bits per heavy atom. The van der Waals surface area contributed by atoms with E-state index in [0.717, 1.165) is 44.9 Å². The van der Waals surface area contributed by atoms with Gasteiger partial charge in [0.05, 0.1) is 0 Å². The summed E-state index contributed by atoms with van der Waals surface area (Å²) < 4.78 is 5.47. The molecule has 1 amide bonds. The minimum absolute atomic E-state index is 0.164. The monoisotopic (exact) mass is 270 g/mol. The van der Waals surface area contributed by atoms with Crippen LogP contribution in [0.5, 0.6) is 0 Å². The third-order valence-corrected chi connectivity index (χ3v) is 3.41. The van der Waals surface area contributed by atoms with Crippen LogP contribution in [-0.2, 0) is 4.74 Å². The highest BCUT2D eigenvalue weighted by Crippen LogP contribution is 2.17. The highest BCUT2D eigenvalue weighted by molar-refractivity contribution is 5.68. The van der Waals surface area contributed by atoms with E-state index in [9.17, 15) is 4.79 Å². The van der Waals surface area contributed by atoms with E-state index < -0.39 is 5.60 Å². The Morgan fingerprint density at radius 1 is 1.26 bits per heavy atom. The van der Waals surface area contributed by atoms with Gasteiger partial charge in [-0.3, -0.25) is 0 Å². The molecule has 1 saturated heterocycles. The summed E-state index contributed by atoms with van der Waals surface area (Å²) in [4.78, 5) is 14.0. The van der Waals surface area contributed by atoms with Crippen LogP contribution in [-0.4, -0.2) is 42.8 Å². The zero-order chi connectivity index (χ0) is 14.3. The van der Waals surface area contributed by atoms with E-state index in [4.69, 9.17) is 4.74 Å². The SMILES string of the molecule is CCCN(CCC1CCNCC1)C(=O)OC(C)(C)C. The number of carbonyl (C=O) groups is 1. The highest BCUT2D eigenvalue weighted by atomic mass is 16.6. The average molecular weight is 270 g/mol. The van der Waals surface area contributed by atoms with Gasteiger partial charge in [-0.25, -0.2) is 4.79 Å². The fourth-order valence-electron chi connectivity index (χ4n) is 2.40. The van der Waals surface area contributed by atoms with Gasteiger partial charge in [0.1, 0.15) is 5.60 Å². The fraction of sp³-hybridized carbons (Fsp3) is 0.933. The topological polar surface area (TPSA) is 41.6 Å². The number of nitrogens with zero attached hydrogens (tertiary/aromatic N) is 1. The molecule has 1 aliphatic rings. The third-order valence-electron chi connectivity index (χ3n) is 3.41. The van der Waals surface area contributed by atoms with Crippen LogP contribution in [0.25, 0.3) is 0 Å². The maximum Gasteiger partial charge on any atom is 0.410 e. The van der Waals surface area contributed by atoms with Crippen molar-refractivity contribution in [2.45, 2.75) is 59.0 Å². The molecule has 4 nitrogen and oxygen atoms in total. The van der Waals surface area contributed by atoms with E-state index >= 15 is 0 Å². The minimum atomic E-state index is -0.405. The highest BCUT2D eigenvalue weighted by Gasteiger charge is 2.22. The molecule has 0 aromatic carbocycles.